The van der Waals surface area contributed by atoms with E-state index in [4.69, 9.17) is 0 Å². The van der Waals surface area contributed by atoms with Crippen molar-refractivity contribution in [3.8, 4) is 0 Å². The Labute approximate surface area is 113 Å². The first-order valence-electron chi connectivity index (χ1n) is 6.78. The van der Waals surface area contributed by atoms with Gasteiger partial charge in [-0.15, -0.1) is 11.3 Å². The lowest BCUT2D eigenvalue weighted by Crippen LogP contribution is -2.37. The molecule has 2 rings (SSSR count). The number of amides is 1. The topological polar surface area (TPSA) is 42.0 Å². The molecule has 1 aliphatic carbocycles. The van der Waals surface area contributed by atoms with Crippen molar-refractivity contribution in [2.24, 2.45) is 11.3 Å². The van der Waals surface area contributed by atoms with Crippen LogP contribution in [0.1, 0.15) is 56.4 Å². The van der Waals surface area contributed by atoms with E-state index in [0.717, 1.165) is 6.54 Å². The summed E-state index contributed by atoms with van der Waals surface area (Å²) in [5, 5.41) is 4.88. The van der Waals surface area contributed by atoms with Crippen LogP contribution < -0.4 is 5.32 Å². The molecule has 1 saturated carbocycles. The Balaban J connectivity index is 1.92. The maximum atomic E-state index is 11.9. The van der Waals surface area contributed by atoms with Crippen LogP contribution in [0.3, 0.4) is 0 Å². The molecule has 0 saturated heterocycles. The summed E-state index contributed by atoms with van der Waals surface area (Å²) >= 11 is 1.46. The smallest absolute Gasteiger partial charge is 0.270 e. The van der Waals surface area contributed by atoms with Gasteiger partial charge in [-0.1, -0.05) is 26.7 Å². The molecule has 1 N–H and O–H groups in total. The molecule has 1 fully saturated rings. The van der Waals surface area contributed by atoms with Gasteiger partial charge in [-0.05, 0) is 30.6 Å². The summed E-state index contributed by atoms with van der Waals surface area (Å²) in [6.07, 6.45) is 6.33. The standard InChI is InChI=1S/C14H22N2OS/c1-11(2)7-14(5-3-4-6-14)9-15-13(17)12-8-18-10-16-12/h8,10-11H,3-7,9H2,1-2H3,(H,15,17). The summed E-state index contributed by atoms with van der Waals surface area (Å²) < 4.78 is 0. The highest BCUT2D eigenvalue weighted by Gasteiger charge is 2.34. The van der Waals surface area contributed by atoms with Gasteiger partial charge in [0.15, 0.2) is 0 Å². The minimum Gasteiger partial charge on any atom is -0.350 e. The van der Waals surface area contributed by atoms with Gasteiger partial charge in [-0.2, -0.15) is 0 Å². The monoisotopic (exact) mass is 266 g/mol. The van der Waals surface area contributed by atoms with Crippen LogP contribution >= 0.6 is 11.3 Å². The predicted octanol–water partition coefficient (Wildman–Crippen LogP) is 3.48. The maximum absolute atomic E-state index is 11.9. The van der Waals surface area contributed by atoms with Gasteiger partial charge in [0.05, 0.1) is 5.51 Å². The minimum absolute atomic E-state index is 0.0220. The quantitative estimate of drug-likeness (QED) is 0.886. The zero-order valence-corrected chi connectivity index (χ0v) is 12.1. The molecule has 1 heterocycles. The number of aromatic nitrogens is 1. The van der Waals surface area contributed by atoms with Gasteiger partial charge in [-0.25, -0.2) is 4.98 Å². The van der Waals surface area contributed by atoms with Gasteiger partial charge < -0.3 is 5.32 Å². The Morgan fingerprint density at radius 3 is 2.78 bits per heavy atom. The van der Waals surface area contributed by atoms with Crippen molar-refractivity contribution < 1.29 is 4.79 Å². The van der Waals surface area contributed by atoms with Crippen molar-refractivity contribution in [1.82, 2.24) is 10.3 Å². The number of rotatable bonds is 5. The van der Waals surface area contributed by atoms with E-state index in [0.29, 0.717) is 17.0 Å². The second-order valence-electron chi connectivity index (χ2n) is 5.86. The molecular weight excluding hydrogens is 244 g/mol. The number of hydrogen-bond acceptors (Lipinski definition) is 3. The molecule has 0 aliphatic heterocycles. The maximum Gasteiger partial charge on any atom is 0.270 e. The highest BCUT2D eigenvalue weighted by Crippen LogP contribution is 2.42. The van der Waals surface area contributed by atoms with Gasteiger partial charge in [0.1, 0.15) is 5.69 Å². The first-order valence-corrected chi connectivity index (χ1v) is 7.72. The third kappa shape index (κ3) is 3.31. The average molecular weight is 266 g/mol. The van der Waals surface area contributed by atoms with Crippen LogP contribution in [0.2, 0.25) is 0 Å². The molecule has 4 heteroatoms. The van der Waals surface area contributed by atoms with E-state index in [1.54, 1.807) is 10.9 Å². The third-order valence-electron chi connectivity index (χ3n) is 3.79. The van der Waals surface area contributed by atoms with E-state index in [1.165, 1.54) is 43.4 Å². The van der Waals surface area contributed by atoms with Crippen LogP contribution in [0, 0.1) is 11.3 Å². The van der Waals surface area contributed by atoms with Crippen molar-refractivity contribution in [2.75, 3.05) is 6.54 Å². The van der Waals surface area contributed by atoms with E-state index >= 15 is 0 Å². The first kappa shape index (κ1) is 13.5. The zero-order chi connectivity index (χ0) is 13.0. The highest BCUT2D eigenvalue weighted by molar-refractivity contribution is 7.07. The summed E-state index contributed by atoms with van der Waals surface area (Å²) in [6, 6.07) is 0. The Bertz CT molecular complexity index is 381. The number of carbonyl (C=O) groups is 1. The number of thiazole rings is 1. The lowest BCUT2D eigenvalue weighted by atomic mass is 9.78. The molecule has 0 unspecified atom stereocenters. The minimum atomic E-state index is -0.0220. The van der Waals surface area contributed by atoms with Gasteiger partial charge in [0, 0.05) is 11.9 Å². The summed E-state index contributed by atoms with van der Waals surface area (Å²) in [6.45, 7) is 5.34. The second kappa shape index (κ2) is 5.83. The Kier molecular flexibility index (Phi) is 4.38. The van der Waals surface area contributed by atoms with Crippen LogP contribution in [-0.4, -0.2) is 17.4 Å². The van der Waals surface area contributed by atoms with Crippen LogP contribution in [0.15, 0.2) is 10.9 Å². The van der Waals surface area contributed by atoms with Crippen molar-refractivity contribution >= 4 is 17.2 Å². The Hall–Kier alpha value is -0.900. The van der Waals surface area contributed by atoms with Gasteiger partial charge >= 0.3 is 0 Å². The van der Waals surface area contributed by atoms with Crippen molar-refractivity contribution in [1.29, 1.82) is 0 Å². The molecule has 0 bridgehead atoms. The van der Waals surface area contributed by atoms with Crippen LogP contribution in [0.5, 0.6) is 0 Å². The van der Waals surface area contributed by atoms with Gasteiger partial charge in [0.25, 0.3) is 5.91 Å². The fourth-order valence-electron chi connectivity index (χ4n) is 3.13. The normalized spacial score (nSPS) is 18.2. The van der Waals surface area contributed by atoms with Gasteiger partial charge in [0.2, 0.25) is 0 Å². The average Bonchev–Trinajstić information content (AvgIpc) is 2.96. The van der Waals surface area contributed by atoms with Gasteiger partial charge in [-0.3, -0.25) is 4.79 Å². The molecule has 0 spiro atoms. The molecule has 18 heavy (non-hydrogen) atoms. The first-order chi connectivity index (χ1) is 8.61. The molecule has 0 atom stereocenters. The van der Waals surface area contributed by atoms with Crippen LogP contribution in [-0.2, 0) is 0 Å². The molecule has 1 aliphatic rings. The lowest BCUT2D eigenvalue weighted by molar-refractivity contribution is 0.0917. The SMILES string of the molecule is CC(C)CC1(CNC(=O)c2cscn2)CCCC1. The van der Waals surface area contributed by atoms with E-state index in [1.807, 2.05) is 0 Å². The second-order valence-corrected chi connectivity index (χ2v) is 6.58. The summed E-state index contributed by atoms with van der Waals surface area (Å²) in [7, 11) is 0. The summed E-state index contributed by atoms with van der Waals surface area (Å²) in [5.74, 6) is 0.672. The van der Waals surface area contributed by atoms with Crippen LogP contribution in [0.4, 0.5) is 0 Å². The zero-order valence-electron chi connectivity index (χ0n) is 11.2. The third-order valence-corrected chi connectivity index (χ3v) is 4.38. The Morgan fingerprint density at radius 1 is 1.50 bits per heavy atom. The van der Waals surface area contributed by atoms with Crippen molar-refractivity contribution in [2.45, 2.75) is 46.0 Å². The molecule has 1 amide bonds. The largest absolute Gasteiger partial charge is 0.350 e. The molecule has 0 radical (unpaired) electrons. The molecule has 1 aromatic rings. The number of carbonyl (C=O) groups excluding carboxylic acids is 1. The molecular formula is C14H22N2OS. The van der Waals surface area contributed by atoms with E-state index in [-0.39, 0.29) is 5.91 Å². The lowest BCUT2D eigenvalue weighted by Gasteiger charge is -2.31. The Morgan fingerprint density at radius 2 is 2.22 bits per heavy atom. The summed E-state index contributed by atoms with van der Waals surface area (Å²) in [5.41, 5.74) is 2.59. The molecule has 100 valence electrons. The predicted molar refractivity (Wildman–Crippen MR) is 74.8 cm³/mol. The summed E-state index contributed by atoms with van der Waals surface area (Å²) in [4.78, 5) is 16.0. The molecule has 1 aromatic heterocycles. The highest BCUT2D eigenvalue weighted by atomic mass is 32.1. The molecule has 3 nitrogen and oxygen atoms in total. The van der Waals surface area contributed by atoms with E-state index in [2.05, 4.69) is 24.1 Å². The van der Waals surface area contributed by atoms with E-state index < -0.39 is 0 Å². The van der Waals surface area contributed by atoms with Crippen LogP contribution in [0.25, 0.3) is 0 Å². The number of nitrogens with zero attached hydrogens (tertiary/aromatic N) is 1. The number of hydrogen-bond donors (Lipinski definition) is 1. The number of nitrogens with one attached hydrogen (secondary N) is 1. The van der Waals surface area contributed by atoms with Crippen molar-refractivity contribution in [3.05, 3.63) is 16.6 Å². The van der Waals surface area contributed by atoms with Crippen molar-refractivity contribution in [3.63, 3.8) is 0 Å². The van der Waals surface area contributed by atoms with E-state index in [9.17, 15) is 4.79 Å². The fourth-order valence-corrected chi connectivity index (χ4v) is 3.66. The molecule has 0 aromatic carbocycles. The fraction of sp³-hybridized carbons (Fsp3) is 0.714.